The van der Waals surface area contributed by atoms with Crippen molar-refractivity contribution in [2.24, 2.45) is 0 Å². The number of thiazole rings is 1. The molecule has 3 amide bonds. The minimum absolute atomic E-state index is 0.00454. The topological polar surface area (TPSA) is 240 Å². The Labute approximate surface area is 392 Å². The van der Waals surface area contributed by atoms with E-state index in [1.54, 1.807) is 42.0 Å². The number of fused-ring (bicyclic) bond motifs is 1. The third-order valence-corrected chi connectivity index (χ3v) is 13.4. The molecule has 4 N–H and O–H groups in total. The van der Waals surface area contributed by atoms with Crippen molar-refractivity contribution < 1.29 is 24.1 Å². The Morgan fingerprint density at radius 1 is 0.851 bits per heavy atom. The molecule has 7 rings (SSSR count). The second kappa shape index (κ2) is 22.7. The Balaban J connectivity index is 0.748. The van der Waals surface area contributed by atoms with Gasteiger partial charge in [-0.05, 0) is 87.6 Å². The highest BCUT2D eigenvalue weighted by Crippen LogP contribution is 2.33. The van der Waals surface area contributed by atoms with Crippen molar-refractivity contribution in [2.45, 2.75) is 104 Å². The predicted molar refractivity (Wildman–Crippen MR) is 259 cm³/mol. The first-order valence-electron chi connectivity index (χ1n) is 23.1. The number of Topliss-reactive ketones (excluding diaryl/α,β-unsaturated/α-hetero) is 1. The highest BCUT2D eigenvalue weighted by molar-refractivity contribution is 7.19. The number of amides is 3. The van der Waals surface area contributed by atoms with Crippen LogP contribution in [0.1, 0.15) is 122 Å². The standard InChI is InChI=1S/C47H58N12O7S/c1-30-36-28-50-46(54-42(36)58(33-15-10-11-16-33)44(64)41(30)32(3)60)53-38-21-20-34(27-49-38)57-25-23-56(24-26-57)29-40(62)48-22-14-8-6-4-5-7-9-19-39(61)52-37-18-13-12-17-35(37)43(63)55-47-51-31(2)45(67-47)59(65)66/h12-13,17-18,20-21,27-28,33H,4-11,14-16,19,22-26,29H2,1-3H3,(H,48,62)(H,52,61)(H,51,55,63)(H,49,50,53,54). The van der Waals surface area contributed by atoms with Crippen LogP contribution in [0.3, 0.4) is 0 Å². The van der Waals surface area contributed by atoms with Crippen molar-refractivity contribution in [1.82, 2.24) is 34.7 Å². The normalized spacial score (nSPS) is 14.3. The van der Waals surface area contributed by atoms with Crippen molar-refractivity contribution >= 4 is 79.1 Å². The number of nitrogens with zero attached hydrogens (tertiary/aromatic N) is 8. The molecule has 0 bridgehead atoms. The molecule has 0 spiro atoms. The summed E-state index contributed by atoms with van der Waals surface area (Å²) in [6.07, 6.45) is 14.2. The number of unbranched alkanes of at least 4 members (excludes halogenated alkanes) is 6. The number of carbonyl (C=O) groups excluding carboxylic acids is 4. The summed E-state index contributed by atoms with van der Waals surface area (Å²) >= 11 is 0.780. The van der Waals surface area contributed by atoms with E-state index in [9.17, 15) is 34.1 Å². The number of pyridine rings is 2. The summed E-state index contributed by atoms with van der Waals surface area (Å²) in [6.45, 7) is 8.74. The van der Waals surface area contributed by atoms with Crippen LogP contribution in [-0.4, -0.2) is 97.1 Å². The van der Waals surface area contributed by atoms with Gasteiger partial charge in [-0.25, -0.2) is 15.0 Å². The van der Waals surface area contributed by atoms with E-state index in [4.69, 9.17) is 4.98 Å². The van der Waals surface area contributed by atoms with E-state index >= 15 is 0 Å². The number of benzene rings is 1. The number of aromatic nitrogens is 5. The molecule has 5 heterocycles. The molecule has 1 aliphatic heterocycles. The number of nitrogens with one attached hydrogen (secondary N) is 4. The van der Waals surface area contributed by atoms with Gasteiger partial charge in [-0.1, -0.05) is 57.1 Å². The van der Waals surface area contributed by atoms with Crippen LogP contribution >= 0.6 is 11.3 Å². The number of piperazine rings is 1. The molecular weight excluding hydrogens is 877 g/mol. The maximum absolute atomic E-state index is 13.6. The first-order valence-corrected chi connectivity index (χ1v) is 23.9. The van der Waals surface area contributed by atoms with Gasteiger partial charge in [-0.3, -0.25) is 48.9 Å². The van der Waals surface area contributed by atoms with Crippen LogP contribution in [0.25, 0.3) is 11.0 Å². The minimum atomic E-state index is -0.538. The molecule has 1 saturated carbocycles. The zero-order chi connectivity index (χ0) is 47.5. The summed E-state index contributed by atoms with van der Waals surface area (Å²) in [5.74, 6) is -0.0503. The van der Waals surface area contributed by atoms with Gasteiger partial charge in [-0.2, -0.15) is 4.98 Å². The molecule has 0 atom stereocenters. The number of carbonyl (C=O) groups is 4. The number of nitro groups is 1. The molecule has 20 heteroatoms. The van der Waals surface area contributed by atoms with Gasteiger partial charge >= 0.3 is 5.00 Å². The zero-order valence-corrected chi connectivity index (χ0v) is 39.1. The number of ketones is 1. The van der Waals surface area contributed by atoms with Gasteiger partial charge in [0.15, 0.2) is 10.9 Å². The number of hydrogen-bond acceptors (Lipinski definition) is 15. The third-order valence-electron chi connectivity index (χ3n) is 12.3. The predicted octanol–water partition coefficient (Wildman–Crippen LogP) is 7.48. The van der Waals surface area contributed by atoms with Crippen molar-refractivity contribution in [3.05, 3.63) is 91.6 Å². The molecular formula is C47H58N12O7S. The van der Waals surface area contributed by atoms with Gasteiger partial charge in [0.2, 0.25) is 17.8 Å². The Hall–Kier alpha value is -6.67. The summed E-state index contributed by atoms with van der Waals surface area (Å²) in [5.41, 5.74) is 2.84. The average Bonchev–Trinajstić information content (AvgIpc) is 3.97. The minimum Gasteiger partial charge on any atom is -0.368 e. The third kappa shape index (κ3) is 12.4. The van der Waals surface area contributed by atoms with E-state index in [-0.39, 0.29) is 56.2 Å². The SMILES string of the molecule is CC(=O)c1c(C)c2cnc(Nc3ccc(N4CCN(CC(=O)NCCCCCCCCCC(=O)Nc5ccccc5C(=O)Nc5nc(C)c([N+](=O)[O-])s5)CC4)cn3)nc2n(C2CCCC2)c1=O. The van der Waals surface area contributed by atoms with Gasteiger partial charge in [0.05, 0.1) is 40.2 Å². The summed E-state index contributed by atoms with van der Waals surface area (Å²) < 4.78 is 1.70. The van der Waals surface area contributed by atoms with Crippen molar-refractivity contribution in [3.8, 4) is 0 Å². The van der Waals surface area contributed by atoms with E-state index in [2.05, 4.69) is 46.0 Å². The molecule has 1 aromatic carbocycles. The quantitative estimate of drug-likeness (QED) is 0.0242. The number of hydrogen-bond donors (Lipinski definition) is 4. The molecule has 0 unspecified atom stereocenters. The fraction of sp³-hybridized carbons (Fsp3) is 0.468. The van der Waals surface area contributed by atoms with Crippen molar-refractivity contribution in [2.75, 3.05) is 60.1 Å². The summed E-state index contributed by atoms with van der Waals surface area (Å²) in [7, 11) is 0. The van der Waals surface area contributed by atoms with Crippen LogP contribution in [0.4, 0.5) is 33.3 Å². The lowest BCUT2D eigenvalue weighted by molar-refractivity contribution is -0.380. The van der Waals surface area contributed by atoms with Crippen molar-refractivity contribution in [1.29, 1.82) is 0 Å². The van der Waals surface area contributed by atoms with Gasteiger partial charge < -0.3 is 20.9 Å². The molecule has 2 fully saturated rings. The molecule has 354 valence electrons. The van der Waals surface area contributed by atoms with Crippen molar-refractivity contribution in [3.63, 3.8) is 0 Å². The Kier molecular flexibility index (Phi) is 16.3. The molecule has 4 aromatic heterocycles. The van der Waals surface area contributed by atoms with Crippen LogP contribution in [0.5, 0.6) is 0 Å². The fourth-order valence-corrected chi connectivity index (χ4v) is 9.57. The van der Waals surface area contributed by atoms with Gasteiger partial charge in [0, 0.05) is 56.8 Å². The molecule has 19 nitrogen and oxygen atoms in total. The maximum Gasteiger partial charge on any atom is 0.348 e. The maximum atomic E-state index is 13.6. The molecule has 1 saturated heterocycles. The lowest BCUT2D eigenvalue weighted by Gasteiger charge is -2.35. The van der Waals surface area contributed by atoms with Gasteiger partial charge in [0.25, 0.3) is 11.5 Å². The van der Waals surface area contributed by atoms with E-state index in [0.717, 1.165) is 114 Å². The highest BCUT2D eigenvalue weighted by Gasteiger charge is 2.27. The molecule has 5 aromatic rings. The first kappa shape index (κ1) is 48.3. The summed E-state index contributed by atoms with van der Waals surface area (Å²) in [4.78, 5) is 97.3. The average molecular weight is 935 g/mol. The van der Waals surface area contributed by atoms with Crippen LogP contribution in [0.2, 0.25) is 0 Å². The van der Waals surface area contributed by atoms with Crippen LogP contribution in [0, 0.1) is 24.0 Å². The summed E-state index contributed by atoms with van der Waals surface area (Å²) in [6, 6.07) is 10.5. The number of anilines is 5. The Bertz CT molecular complexity index is 2660. The van der Waals surface area contributed by atoms with Crippen LogP contribution in [0.15, 0.2) is 53.6 Å². The second-order valence-electron chi connectivity index (χ2n) is 17.2. The van der Waals surface area contributed by atoms with Gasteiger partial charge in [0.1, 0.15) is 17.2 Å². The fourth-order valence-electron chi connectivity index (χ4n) is 8.79. The lowest BCUT2D eigenvalue weighted by atomic mass is 10.0. The number of rotatable bonds is 21. The zero-order valence-electron chi connectivity index (χ0n) is 38.3. The van der Waals surface area contributed by atoms with E-state index < -0.39 is 10.8 Å². The van der Waals surface area contributed by atoms with Gasteiger partial charge in [-0.15, -0.1) is 0 Å². The van der Waals surface area contributed by atoms with Crippen LogP contribution in [-0.2, 0) is 9.59 Å². The largest absolute Gasteiger partial charge is 0.368 e. The Morgan fingerprint density at radius 2 is 1.57 bits per heavy atom. The number of para-hydroxylation sites is 1. The molecule has 1 aliphatic carbocycles. The van der Waals surface area contributed by atoms with Crippen LogP contribution < -0.4 is 31.7 Å². The second-order valence-corrected chi connectivity index (χ2v) is 18.2. The first-order chi connectivity index (χ1) is 32.4. The van der Waals surface area contributed by atoms with E-state index in [0.29, 0.717) is 53.6 Å². The monoisotopic (exact) mass is 934 g/mol. The summed E-state index contributed by atoms with van der Waals surface area (Å²) in [5, 5.41) is 23.5. The molecule has 2 aliphatic rings. The van der Waals surface area contributed by atoms with E-state index in [1.807, 2.05) is 18.3 Å². The lowest BCUT2D eigenvalue weighted by Crippen LogP contribution is -2.49. The molecule has 67 heavy (non-hydrogen) atoms. The van der Waals surface area contributed by atoms with E-state index in [1.165, 1.54) is 13.8 Å². The highest BCUT2D eigenvalue weighted by atomic mass is 32.1. The Morgan fingerprint density at radius 3 is 2.25 bits per heavy atom. The molecule has 0 radical (unpaired) electrons. The smallest absolute Gasteiger partial charge is 0.348 e. The number of aryl methyl sites for hydroxylation is 2.